The highest BCUT2D eigenvalue weighted by atomic mass is 15.2. The van der Waals surface area contributed by atoms with Crippen LogP contribution in [-0.2, 0) is 0 Å². The highest BCUT2D eigenvalue weighted by Gasteiger charge is 2.26. The Morgan fingerprint density at radius 2 is 0.700 bits per heavy atom. The van der Waals surface area contributed by atoms with Gasteiger partial charge in [0.15, 0.2) is 0 Å². The highest BCUT2D eigenvalue weighted by molar-refractivity contribution is 6.44. The van der Waals surface area contributed by atoms with Gasteiger partial charge in [0.1, 0.15) is 0 Å². The van der Waals surface area contributed by atoms with E-state index in [1.165, 1.54) is 64.8 Å². The molecule has 13 rings (SSSR count). The number of nitrogens with zero attached hydrogens (tertiary/aromatic N) is 4. The third-order valence-corrected chi connectivity index (χ3v) is 12.5. The van der Waals surface area contributed by atoms with Crippen LogP contribution in [0.15, 0.2) is 206 Å². The lowest BCUT2D eigenvalue weighted by Crippen LogP contribution is -2.04. The lowest BCUT2D eigenvalue weighted by Gasteiger charge is -2.17. The van der Waals surface area contributed by atoms with Crippen molar-refractivity contribution in [1.82, 2.24) is 19.1 Å². The van der Waals surface area contributed by atoms with Gasteiger partial charge in [-0.25, -0.2) is 9.97 Å². The molecule has 0 spiro atoms. The number of benzene rings is 10. The zero-order chi connectivity index (χ0) is 39.3. The Morgan fingerprint density at radius 1 is 0.283 bits per heavy atom. The quantitative estimate of drug-likeness (QED) is 0.167. The average molecular weight is 763 g/mol. The molecule has 3 heterocycles. The second-order valence-electron chi connectivity index (χ2n) is 15.7. The largest absolute Gasteiger partial charge is 0.309 e. The fourth-order valence-electron chi connectivity index (χ4n) is 10.0. The molecule has 0 radical (unpaired) electrons. The Bertz CT molecular complexity index is 3810. The van der Waals surface area contributed by atoms with Gasteiger partial charge in [-0.2, -0.15) is 0 Å². The predicted molar refractivity (Wildman–Crippen MR) is 252 cm³/mol. The molecule has 10 aromatic carbocycles. The fraction of sp³-hybridized carbons (Fsp3) is 0. The summed E-state index contributed by atoms with van der Waals surface area (Å²) in [5, 5.41) is 14.9. The van der Waals surface area contributed by atoms with E-state index in [-0.39, 0.29) is 0 Å². The molecule has 0 aliphatic heterocycles. The number of rotatable bonds is 4. The molecular formula is C56H34N4. The Kier molecular flexibility index (Phi) is 6.98. The van der Waals surface area contributed by atoms with E-state index in [1.807, 2.05) is 12.1 Å². The van der Waals surface area contributed by atoms with Crippen molar-refractivity contribution in [3.05, 3.63) is 206 Å². The zero-order valence-corrected chi connectivity index (χ0v) is 32.4. The summed E-state index contributed by atoms with van der Waals surface area (Å²) in [5.74, 6) is 0.639. The van der Waals surface area contributed by atoms with Gasteiger partial charge in [0.25, 0.3) is 0 Å². The molecule has 0 fully saturated rings. The Hall–Kier alpha value is -8.08. The standard InChI is InChI=1S/C56H34N4/c1-4-18-35(19-5-1)45-34-46(36-20-6-2-7-21-36)58-56(57-45)60-47-31-17-16-30-44(47)51-48(60)32-33-49-54(51)53-43-29-15-14-28-42(43)50-40-26-12-10-24-38(40)39-25-11-13-27-41(39)52(50)55(53)59(49)37-22-8-3-9-23-37/h1-34H. The Morgan fingerprint density at radius 3 is 1.28 bits per heavy atom. The van der Waals surface area contributed by atoms with Crippen LogP contribution >= 0.6 is 0 Å². The minimum Gasteiger partial charge on any atom is -0.309 e. The first-order chi connectivity index (χ1) is 29.8. The lowest BCUT2D eigenvalue weighted by molar-refractivity contribution is 0.996. The first-order valence-corrected chi connectivity index (χ1v) is 20.5. The second-order valence-corrected chi connectivity index (χ2v) is 15.7. The molecular weight excluding hydrogens is 729 g/mol. The van der Waals surface area contributed by atoms with E-state index in [0.717, 1.165) is 50.1 Å². The number of para-hydroxylation sites is 2. The smallest absolute Gasteiger partial charge is 0.235 e. The molecule has 0 N–H and O–H groups in total. The minimum absolute atomic E-state index is 0.639. The minimum atomic E-state index is 0.639. The first kappa shape index (κ1) is 32.9. The maximum absolute atomic E-state index is 5.37. The van der Waals surface area contributed by atoms with Crippen LogP contribution in [-0.4, -0.2) is 19.1 Å². The van der Waals surface area contributed by atoms with Crippen molar-refractivity contribution in [3.63, 3.8) is 0 Å². The van der Waals surface area contributed by atoms with Crippen molar-refractivity contribution < 1.29 is 0 Å². The zero-order valence-electron chi connectivity index (χ0n) is 32.4. The van der Waals surface area contributed by atoms with Crippen molar-refractivity contribution in [2.75, 3.05) is 0 Å². The number of aromatic nitrogens is 4. The van der Waals surface area contributed by atoms with Gasteiger partial charge in [-0.05, 0) is 68.7 Å². The number of fused-ring (bicyclic) bond motifs is 17. The van der Waals surface area contributed by atoms with Crippen molar-refractivity contribution in [2.45, 2.75) is 0 Å². The molecule has 0 aliphatic carbocycles. The molecule has 4 nitrogen and oxygen atoms in total. The van der Waals surface area contributed by atoms with Crippen molar-refractivity contribution >= 4 is 86.7 Å². The molecule has 0 saturated carbocycles. The summed E-state index contributed by atoms with van der Waals surface area (Å²) in [7, 11) is 0. The van der Waals surface area contributed by atoms with Gasteiger partial charge in [0.05, 0.1) is 33.5 Å². The molecule has 0 bridgehead atoms. The van der Waals surface area contributed by atoms with Crippen LogP contribution in [0.2, 0.25) is 0 Å². The van der Waals surface area contributed by atoms with Crippen LogP contribution in [0.1, 0.15) is 0 Å². The number of hydrogen-bond donors (Lipinski definition) is 0. The van der Waals surface area contributed by atoms with E-state index in [4.69, 9.17) is 9.97 Å². The molecule has 0 aliphatic rings. The van der Waals surface area contributed by atoms with Crippen LogP contribution in [0, 0.1) is 0 Å². The molecule has 60 heavy (non-hydrogen) atoms. The SMILES string of the molecule is c1ccc(-c2cc(-c3ccccc3)nc(-n3c4ccccc4c4c5c6c7ccccc7c7c8ccccc8c8ccccc8c7c6n(-c6ccccc6)c5ccc43)n2)cc1. The van der Waals surface area contributed by atoms with Gasteiger partial charge < -0.3 is 4.57 Å². The molecule has 0 atom stereocenters. The van der Waals surface area contributed by atoms with Crippen LogP contribution in [0.25, 0.3) is 121 Å². The van der Waals surface area contributed by atoms with Gasteiger partial charge in [-0.3, -0.25) is 4.57 Å². The first-order valence-electron chi connectivity index (χ1n) is 20.5. The van der Waals surface area contributed by atoms with Crippen molar-refractivity contribution in [1.29, 1.82) is 0 Å². The maximum Gasteiger partial charge on any atom is 0.235 e. The Balaban J connectivity index is 1.27. The van der Waals surface area contributed by atoms with Gasteiger partial charge >= 0.3 is 0 Å². The number of hydrogen-bond acceptors (Lipinski definition) is 2. The average Bonchev–Trinajstić information content (AvgIpc) is 3.86. The predicted octanol–water partition coefficient (Wildman–Crippen LogP) is 14.6. The van der Waals surface area contributed by atoms with Gasteiger partial charge in [-0.1, -0.05) is 170 Å². The van der Waals surface area contributed by atoms with Crippen molar-refractivity contribution in [2.24, 2.45) is 0 Å². The topological polar surface area (TPSA) is 35.6 Å². The van der Waals surface area contributed by atoms with E-state index in [2.05, 4.69) is 203 Å². The molecule has 13 aromatic rings. The summed E-state index contributed by atoms with van der Waals surface area (Å²) in [5.41, 5.74) is 9.47. The summed E-state index contributed by atoms with van der Waals surface area (Å²) < 4.78 is 4.80. The molecule has 3 aromatic heterocycles. The van der Waals surface area contributed by atoms with Crippen LogP contribution in [0.5, 0.6) is 0 Å². The molecule has 0 saturated heterocycles. The van der Waals surface area contributed by atoms with E-state index < -0.39 is 0 Å². The van der Waals surface area contributed by atoms with Crippen LogP contribution < -0.4 is 0 Å². The van der Waals surface area contributed by atoms with Gasteiger partial charge in [0, 0.05) is 49.1 Å². The van der Waals surface area contributed by atoms with Crippen LogP contribution in [0.3, 0.4) is 0 Å². The summed E-state index contributed by atoms with van der Waals surface area (Å²) in [4.78, 5) is 10.7. The fourth-order valence-corrected chi connectivity index (χ4v) is 10.0. The summed E-state index contributed by atoms with van der Waals surface area (Å²) in [6, 6.07) is 74.1. The summed E-state index contributed by atoms with van der Waals surface area (Å²) >= 11 is 0. The highest BCUT2D eigenvalue weighted by Crippen LogP contribution is 2.50. The van der Waals surface area contributed by atoms with Gasteiger partial charge in [-0.15, -0.1) is 0 Å². The molecule has 278 valence electrons. The monoisotopic (exact) mass is 762 g/mol. The van der Waals surface area contributed by atoms with E-state index in [9.17, 15) is 0 Å². The normalized spacial score (nSPS) is 12.0. The molecule has 4 heteroatoms. The second kappa shape index (κ2) is 12.7. The van der Waals surface area contributed by atoms with E-state index >= 15 is 0 Å². The third-order valence-electron chi connectivity index (χ3n) is 12.5. The van der Waals surface area contributed by atoms with Crippen molar-refractivity contribution in [3.8, 4) is 34.2 Å². The lowest BCUT2D eigenvalue weighted by atomic mass is 9.88. The third kappa shape index (κ3) is 4.61. The summed E-state index contributed by atoms with van der Waals surface area (Å²) in [6.07, 6.45) is 0. The Labute approximate surface area is 344 Å². The molecule has 0 unspecified atom stereocenters. The maximum atomic E-state index is 5.37. The van der Waals surface area contributed by atoms with E-state index in [1.54, 1.807) is 0 Å². The van der Waals surface area contributed by atoms with Crippen LogP contribution in [0.4, 0.5) is 0 Å². The molecule has 0 amide bonds. The van der Waals surface area contributed by atoms with E-state index in [0.29, 0.717) is 5.95 Å². The summed E-state index contributed by atoms with van der Waals surface area (Å²) in [6.45, 7) is 0. The van der Waals surface area contributed by atoms with Gasteiger partial charge in [0.2, 0.25) is 5.95 Å².